The second-order valence-corrected chi connectivity index (χ2v) is 7.29. The molecule has 2 aromatic carbocycles. The number of hydrogen-bond acceptors (Lipinski definition) is 3. The third-order valence-electron chi connectivity index (χ3n) is 5.10. The second-order valence-electron chi connectivity index (χ2n) is 7.29. The Kier molecular flexibility index (Phi) is 6.35. The van der Waals surface area contributed by atoms with E-state index in [4.69, 9.17) is 0 Å². The van der Waals surface area contributed by atoms with E-state index >= 15 is 0 Å². The van der Waals surface area contributed by atoms with Crippen LogP contribution in [0.2, 0.25) is 0 Å². The van der Waals surface area contributed by atoms with Crippen LogP contribution >= 0.6 is 0 Å². The number of hydrogen-bond donors (Lipinski definition) is 1. The van der Waals surface area contributed by atoms with Gasteiger partial charge in [0.1, 0.15) is 5.82 Å². The molecule has 30 heavy (non-hydrogen) atoms. The molecule has 3 aromatic rings. The van der Waals surface area contributed by atoms with Crippen molar-refractivity contribution < 1.29 is 9.59 Å². The lowest BCUT2D eigenvalue weighted by molar-refractivity contribution is -0.114. The predicted octanol–water partition coefficient (Wildman–Crippen LogP) is 4.60. The maximum absolute atomic E-state index is 12.6. The molecule has 0 unspecified atom stereocenters. The minimum atomic E-state index is -0.169. The van der Waals surface area contributed by atoms with Crippen molar-refractivity contribution in [2.75, 3.05) is 18.4 Å². The normalized spacial score (nSPS) is 10.7. The van der Waals surface area contributed by atoms with E-state index in [-0.39, 0.29) is 11.8 Å². The lowest BCUT2D eigenvalue weighted by atomic mass is 10.0. The Balaban J connectivity index is 2.05. The molecule has 3 rings (SSSR count). The molecule has 6 heteroatoms. The first-order chi connectivity index (χ1) is 14.3. The largest absolute Gasteiger partial charge is 0.339 e. The van der Waals surface area contributed by atoms with Crippen molar-refractivity contribution in [1.29, 1.82) is 0 Å². The Labute approximate surface area is 177 Å². The van der Waals surface area contributed by atoms with Gasteiger partial charge < -0.3 is 10.2 Å². The average molecular weight is 405 g/mol. The van der Waals surface area contributed by atoms with Crippen molar-refractivity contribution >= 4 is 17.6 Å². The Morgan fingerprint density at radius 2 is 1.57 bits per heavy atom. The van der Waals surface area contributed by atoms with Crippen LogP contribution in [0, 0.1) is 13.8 Å². The minimum absolute atomic E-state index is 0.00521. The standard InChI is InChI=1S/C24H28N4O2/c1-6-27(7-2)24(30)20-12-14-21(15-13-20)28-23(25-18(5)29)22(17(4)26-28)19-10-8-16(3)9-11-19/h8-15H,6-7H2,1-5H3,(H,25,29). The quantitative estimate of drug-likeness (QED) is 0.653. The molecule has 156 valence electrons. The van der Waals surface area contributed by atoms with Gasteiger partial charge in [-0.1, -0.05) is 29.8 Å². The SMILES string of the molecule is CCN(CC)C(=O)c1ccc(-n2nc(C)c(-c3ccc(C)cc3)c2NC(C)=O)cc1. The maximum atomic E-state index is 12.6. The Hall–Kier alpha value is -3.41. The van der Waals surface area contributed by atoms with Crippen molar-refractivity contribution in [3.8, 4) is 16.8 Å². The van der Waals surface area contributed by atoms with Crippen molar-refractivity contribution in [3.63, 3.8) is 0 Å². The predicted molar refractivity (Wildman–Crippen MR) is 120 cm³/mol. The Bertz CT molecular complexity index is 1050. The highest BCUT2D eigenvalue weighted by Crippen LogP contribution is 2.33. The number of nitrogens with one attached hydrogen (secondary N) is 1. The number of benzene rings is 2. The molecule has 0 saturated heterocycles. The van der Waals surface area contributed by atoms with Crippen LogP contribution in [0.4, 0.5) is 5.82 Å². The summed E-state index contributed by atoms with van der Waals surface area (Å²) in [6, 6.07) is 15.4. The van der Waals surface area contributed by atoms with Gasteiger partial charge in [0.25, 0.3) is 5.91 Å². The molecule has 1 N–H and O–H groups in total. The molecule has 0 radical (unpaired) electrons. The summed E-state index contributed by atoms with van der Waals surface area (Å²) in [6.07, 6.45) is 0. The van der Waals surface area contributed by atoms with Crippen LogP contribution in [0.15, 0.2) is 48.5 Å². The summed E-state index contributed by atoms with van der Waals surface area (Å²) >= 11 is 0. The number of aromatic nitrogens is 2. The molecule has 0 spiro atoms. The first-order valence-corrected chi connectivity index (χ1v) is 10.2. The van der Waals surface area contributed by atoms with Gasteiger partial charge in [-0.3, -0.25) is 9.59 Å². The molecule has 0 aliphatic heterocycles. The van der Waals surface area contributed by atoms with Crippen LogP contribution < -0.4 is 5.32 Å². The van der Waals surface area contributed by atoms with Gasteiger partial charge in [-0.25, -0.2) is 4.68 Å². The smallest absolute Gasteiger partial charge is 0.253 e. The van der Waals surface area contributed by atoms with Crippen molar-refractivity contribution in [1.82, 2.24) is 14.7 Å². The van der Waals surface area contributed by atoms with Gasteiger partial charge in [0.05, 0.1) is 11.4 Å². The van der Waals surface area contributed by atoms with Crippen LogP contribution in [-0.4, -0.2) is 39.6 Å². The molecule has 0 aliphatic rings. The average Bonchev–Trinajstić information content (AvgIpc) is 3.05. The van der Waals surface area contributed by atoms with Gasteiger partial charge >= 0.3 is 0 Å². The molecular weight excluding hydrogens is 376 g/mol. The first kappa shape index (κ1) is 21.3. The van der Waals surface area contributed by atoms with E-state index in [1.807, 2.05) is 64.1 Å². The monoisotopic (exact) mass is 404 g/mol. The summed E-state index contributed by atoms with van der Waals surface area (Å²) in [6.45, 7) is 10.7. The number of carbonyl (C=O) groups is 2. The highest BCUT2D eigenvalue weighted by Gasteiger charge is 2.20. The summed E-state index contributed by atoms with van der Waals surface area (Å²) in [7, 11) is 0. The van der Waals surface area contributed by atoms with Crippen LogP contribution in [0.3, 0.4) is 0 Å². The zero-order valence-corrected chi connectivity index (χ0v) is 18.2. The lowest BCUT2D eigenvalue weighted by Gasteiger charge is -2.18. The van der Waals surface area contributed by atoms with Gasteiger partial charge in [0, 0.05) is 31.1 Å². The number of carbonyl (C=O) groups excluding carboxylic acids is 2. The summed E-state index contributed by atoms with van der Waals surface area (Å²) in [5.74, 6) is 0.454. The first-order valence-electron chi connectivity index (χ1n) is 10.2. The molecule has 6 nitrogen and oxygen atoms in total. The number of amides is 2. The van der Waals surface area contributed by atoms with E-state index in [0.717, 1.165) is 22.5 Å². The summed E-state index contributed by atoms with van der Waals surface area (Å²) in [5.41, 5.74) is 5.25. The molecular formula is C24H28N4O2. The summed E-state index contributed by atoms with van der Waals surface area (Å²) < 4.78 is 1.72. The number of rotatable bonds is 6. The zero-order valence-electron chi connectivity index (χ0n) is 18.2. The molecule has 0 bridgehead atoms. The highest BCUT2D eigenvalue weighted by atomic mass is 16.2. The van der Waals surface area contributed by atoms with Gasteiger partial charge in [0.15, 0.2) is 0 Å². The third kappa shape index (κ3) is 4.27. The van der Waals surface area contributed by atoms with Crippen LogP contribution in [-0.2, 0) is 4.79 Å². The fraction of sp³-hybridized carbons (Fsp3) is 0.292. The molecule has 1 heterocycles. The van der Waals surface area contributed by atoms with Gasteiger partial charge in [-0.2, -0.15) is 5.10 Å². The van der Waals surface area contributed by atoms with E-state index in [0.29, 0.717) is 24.5 Å². The van der Waals surface area contributed by atoms with Crippen LogP contribution in [0.5, 0.6) is 0 Å². The summed E-state index contributed by atoms with van der Waals surface area (Å²) in [5, 5.41) is 7.62. The molecule has 0 saturated carbocycles. The Morgan fingerprint density at radius 1 is 0.967 bits per heavy atom. The van der Waals surface area contributed by atoms with E-state index in [2.05, 4.69) is 10.4 Å². The fourth-order valence-electron chi connectivity index (χ4n) is 3.50. The zero-order chi connectivity index (χ0) is 21.8. The van der Waals surface area contributed by atoms with Gasteiger partial charge in [-0.05, 0) is 57.5 Å². The van der Waals surface area contributed by atoms with E-state index < -0.39 is 0 Å². The maximum Gasteiger partial charge on any atom is 0.253 e. The van der Waals surface area contributed by atoms with Gasteiger partial charge in [-0.15, -0.1) is 0 Å². The third-order valence-corrected chi connectivity index (χ3v) is 5.10. The molecule has 1 aromatic heterocycles. The van der Waals surface area contributed by atoms with Crippen molar-refractivity contribution in [3.05, 3.63) is 65.4 Å². The number of aryl methyl sites for hydroxylation is 2. The fourth-order valence-corrected chi connectivity index (χ4v) is 3.50. The van der Waals surface area contributed by atoms with Crippen molar-refractivity contribution in [2.24, 2.45) is 0 Å². The minimum Gasteiger partial charge on any atom is -0.339 e. The topological polar surface area (TPSA) is 67.2 Å². The van der Waals surface area contributed by atoms with Crippen molar-refractivity contribution in [2.45, 2.75) is 34.6 Å². The van der Waals surface area contributed by atoms with Crippen LogP contribution in [0.1, 0.15) is 42.4 Å². The second kappa shape index (κ2) is 8.95. The van der Waals surface area contributed by atoms with E-state index in [1.54, 1.807) is 21.7 Å². The molecule has 0 aliphatic carbocycles. The highest BCUT2D eigenvalue weighted by molar-refractivity contribution is 5.95. The molecule has 0 atom stereocenters. The van der Waals surface area contributed by atoms with Gasteiger partial charge in [0.2, 0.25) is 5.91 Å². The molecule has 2 amide bonds. The van der Waals surface area contributed by atoms with E-state index in [1.165, 1.54) is 12.5 Å². The Morgan fingerprint density at radius 3 is 2.10 bits per heavy atom. The number of nitrogens with zero attached hydrogens (tertiary/aromatic N) is 3. The lowest BCUT2D eigenvalue weighted by Crippen LogP contribution is -2.30. The summed E-state index contributed by atoms with van der Waals surface area (Å²) in [4.78, 5) is 26.3. The van der Waals surface area contributed by atoms with Crippen LogP contribution in [0.25, 0.3) is 16.8 Å². The number of anilines is 1. The van der Waals surface area contributed by atoms with E-state index in [9.17, 15) is 9.59 Å². The molecule has 0 fully saturated rings.